The van der Waals surface area contributed by atoms with Crippen molar-refractivity contribution in [3.05, 3.63) is 120 Å². The highest BCUT2D eigenvalue weighted by molar-refractivity contribution is 7.93. The van der Waals surface area contributed by atoms with Crippen molar-refractivity contribution >= 4 is 21.8 Å². The third-order valence-corrected chi connectivity index (χ3v) is 5.44. The van der Waals surface area contributed by atoms with E-state index < -0.39 is 33.9 Å². The van der Waals surface area contributed by atoms with Gasteiger partial charge in [0.05, 0.1) is 6.04 Å². The molecule has 2 atom stereocenters. The molecule has 0 aromatic heterocycles. The highest BCUT2D eigenvalue weighted by Gasteiger charge is 2.19. The van der Waals surface area contributed by atoms with E-state index in [0.29, 0.717) is 6.42 Å². The summed E-state index contributed by atoms with van der Waals surface area (Å²) in [5.74, 6) is -0.453. The summed E-state index contributed by atoms with van der Waals surface area (Å²) in [5.41, 5.74) is 1.77. The molecule has 0 saturated carbocycles. The van der Waals surface area contributed by atoms with Crippen LogP contribution < -0.4 is 10.6 Å². The van der Waals surface area contributed by atoms with Crippen LogP contribution >= 0.6 is 0 Å². The number of ether oxygens (including phenoxy) is 1. The SMILES string of the molecule is CC.CC(NC(=O)OCc1ccccc1)C(=O)NC(/C=C/S(C)(=O)=O)Cc1ccccc1.c1ccccc1. The molecule has 7 nitrogen and oxygen atoms in total. The Morgan fingerprint density at radius 1 is 0.789 bits per heavy atom. The van der Waals surface area contributed by atoms with Crippen LogP contribution in [0, 0.1) is 0 Å². The molecule has 0 fully saturated rings. The molecule has 2 N–H and O–H groups in total. The van der Waals surface area contributed by atoms with E-state index in [1.807, 2.05) is 111 Å². The maximum absolute atomic E-state index is 12.5. The zero-order valence-electron chi connectivity index (χ0n) is 22.4. The lowest BCUT2D eigenvalue weighted by Gasteiger charge is -2.19. The van der Waals surface area contributed by atoms with E-state index in [4.69, 9.17) is 4.74 Å². The van der Waals surface area contributed by atoms with E-state index in [1.54, 1.807) is 0 Å². The number of amides is 2. The molecule has 3 aromatic rings. The topological polar surface area (TPSA) is 102 Å². The number of alkyl carbamates (subject to hydrolysis) is 1. The van der Waals surface area contributed by atoms with E-state index in [2.05, 4.69) is 10.6 Å². The number of nitrogens with one attached hydrogen (secondary N) is 2. The van der Waals surface area contributed by atoms with Gasteiger partial charge in [-0.1, -0.05) is 117 Å². The molecule has 3 aromatic carbocycles. The lowest BCUT2D eigenvalue weighted by Crippen LogP contribution is -2.48. The summed E-state index contributed by atoms with van der Waals surface area (Å²) in [6.07, 6.45) is 2.20. The van der Waals surface area contributed by atoms with E-state index in [1.165, 1.54) is 13.0 Å². The molecule has 0 heterocycles. The Hall–Kier alpha value is -3.91. The van der Waals surface area contributed by atoms with Crippen LogP contribution in [0.15, 0.2) is 109 Å². The number of carbonyl (C=O) groups excluding carboxylic acids is 2. The van der Waals surface area contributed by atoms with Gasteiger partial charge in [0.2, 0.25) is 5.91 Å². The molecule has 0 aliphatic carbocycles. The Morgan fingerprint density at radius 3 is 1.71 bits per heavy atom. The highest BCUT2D eigenvalue weighted by Crippen LogP contribution is 2.06. The first-order chi connectivity index (χ1) is 18.2. The van der Waals surface area contributed by atoms with Gasteiger partial charge in [0, 0.05) is 11.7 Å². The third-order valence-electron chi connectivity index (χ3n) is 4.79. The standard InChI is InChI=1S/C22H26N2O5S.C6H6.C2H6/c1-17(23-22(26)29-16-19-11-7-4-8-12-19)21(25)24-20(13-14-30(2,27)28)15-18-9-5-3-6-10-18;1-2-4-6-5-3-1;1-2/h3-14,17,20H,15-16H2,1-2H3,(H,23,26)(H,24,25);1-6H;1-2H3/b14-13+;;. The predicted molar refractivity (Wildman–Crippen MR) is 153 cm³/mol. The quantitative estimate of drug-likeness (QED) is 0.385. The van der Waals surface area contributed by atoms with E-state index in [-0.39, 0.29) is 6.61 Å². The maximum atomic E-state index is 12.5. The van der Waals surface area contributed by atoms with Crippen LogP contribution in [0.1, 0.15) is 31.9 Å². The van der Waals surface area contributed by atoms with Gasteiger partial charge in [0.1, 0.15) is 12.6 Å². The van der Waals surface area contributed by atoms with E-state index in [9.17, 15) is 18.0 Å². The van der Waals surface area contributed by atoms with Crippen molar-refractivity contribution in [1.29, 1.82) is 0 Å². The molecule has 3 rings (SSSR count). The van der Waals surface area contributed by atoms with Gasteiger partial charge in [-0.25, -0.2) is 13.2 Å². The Labute approximate surface area is 226 Å². The number of hydrogen-bond donors (Lipinski definition) is 2. The highest BCUT2D eigenvalue weighted by atomic mass is 32.2. The van der Waals surface area contributed by atoms with Crippen molar-refractivity contribution in [3.63, 3.8) is 0 Å². The van der Waals surface area contributed by atoms with Gasteiger partial charge in [-0.2, -0.15) is 0 Å². The summed E-state index contributed by atoms with van der Waals surface area (Å²) < 4.78 is 28.1. The largest absolute Gasteiger partial charge is 0.445 e. The van der Waals surface area contributed by atoms with E-state index >= 15 is 0 Å². The number of rotatable bonds is 9. The fourth-order valence-electron chi connectivity index (χ4n) is 2.97. The first kappa shape index (κ1) is 32.1. The van der Waals surface area contributed by atoms with Crippen LogP contribution in [0.3, 0.4) is 0 Å². The zero-order chi connectivity index (χ0) is 28.2. The molecule has 2 amide bonds. The second-order valence-corrected chi connectivity index (χ2v) is 9.98. The van der Waals surface area contributed by atoms with Gasteiger partial charge < -0.3 is 15.4 Å². The summed E-state index contributed by atoms with van der Waals surface area (Å²) in [5, 5.41) is 6.30. The smallest absolute Gasteiger partial charge is 0.408 e. The van der Waals surface area contributed by atoms with Crippen molar-refractivity contribution in [2.24, 2.45) is 0 Å². The number of benzene rings is 3. The van der Waals surface area contributed by atoms with Crippen LogP contribution in [-0.4, -0.2) is 38.8 Å². The molecule has 0 aliphatic heterocycles. The molecule has 0 spiro atoms. The Morgan fingerprint density at radius 2 is 1.24 bits per heavy atom. The molecule has 38 heavy (non-hydrogen) atoms. The Bertz CT molecular complexity index is 1160. The van der Waals surface area contributed by atoms with Gasteiger partial charge >= 0.3 is 6.09 Å². The number of sulfone groups is 1. The van der Waals surface area contributed by atoms with Gasteiger partial charge in [-0.05, 0) is 24.5 Å². The molecule has 204 valence electrons. The Balaban J connectivity index is 0.000000777. The molecule has 0 radical (unpaired) electrons. The van der Waals surface area contributed by atoms with Crippen molar-refractivity contribution in [3.8, 4) is 0 Å². The van der Waals surface area contributed by atoms with Crippen molar-refractivity contribution in [2.75, 3.05) is 6.26 Å². The number of hydrogen-bond acceptors (Lipinski definition) is 5. The van der Waals surface area contributed by atoms with Crippen LogP contribution in [0.25, 0.3) is 0 Å². The molecular weight excluding hydrogens is 500 g/mol. The van der Waals surface area contributed by atoms with Gasteiger partial charge in [-0.15, -0.1) is 0 Å². The number of carbonyl (C=O) groups is 2. The predicted octanol–water partition coefficient (Wildman–Crippen LogP) is 5.30. The average Bonchev–Trinajstić information content (AvgIpc) is 2.93. The van der Waals surface area contributed by atoms with Crippen LogP contribution in [0.5, 0.6) is 0 Å². The second kappa shape index (κ2) is 18.4. The zero-order valence-corrected chi connectivity index (χ0v) is 23.2. The van der Waals surface area contributed by atoms with Crippen molar-refractivity contribution in [1.82, 2.24) is 10.6 Å². The van der Waals surface area contributed by atoms with Gasteiger partial charge in [-0.3, -0.25) is 4.79 Å². The van der Waals surface area contributed by atoms with Crippen molar-refractivity contribution in [2.45, 2.75) is 45.9 Å². The minimum Gasteiger partial charge on any atom is -0.445 e. The minimum atomic E-state index is -3.34. The van der Waals surface area contributed by atoms with Crippen LogP contribution in [0.2, 0.25) is 0 Å². The lowest BCUT2D eigenvalue weighted by atomic mass is 10.1. The third kappa shape index (κ3) is 15.3. The van der Waals surface area contributed by atoms with Gasteiger partial charge in [0.15, 0.2) is 9.84 Å². The summed E-state index contributed by atoms with van der Waals surface area (Å²) in [6.45, 7) is 5.62. The molecule has 0 saturated heterocycles. The normalized spacial score (nSPS) is 12.0. The molecule has 2 unspecified atom stereocenters. The molecular formula is C30H38N2O5S. The van der Waals surface area contributed by atoms with Crippen LogP contribution in [0.4, 0.5) is 4.79 Å². The first-order valence-corrected chi connectivity index (χ1v) is 14.4. The summed E-state index contributed by atoms with van der Waals surface area (Å²) in [7, 11) is -3.34. The first-order valence-electron chi connectivity index (χ1n) is 12.4. The minimum absolute atomic E-state index is 0.0920. The summed E-state index contributed by atoms with van der Waals surface area (Å²) in [4.78, 5) is 24.5. The van der Waals surface area contributed by atoms with Crippen molar-refractivity contribution < 1.29 is 22.7 Å². The fraction of sp³-hybridized carbons (Fsp3) is 0.267. The molecule has 8 heteroatoms. The van der Waals surface area contributed by atoms with E-state index in [0.717, 1.165) is 22.8 Å². The molecule has 0 aliphatic rings. The molecule has 0 bridgehead atoms. The lowest BCUT2D eigenvalue weighted by molar-refractivity contribution is -0.123. The fourth-order valence-corrected chi connectivity index (χ4v) is 3.45. The maximum Gasteiger partial charge on any atom is 0.408 e. The Kier molecular flexibility index (Phi) is 15.5. The summed E-state index contributed by atoms with van der Waals surface area (Å²) in [6, 6.07) is 29.1. The average molecular weight is 539 g/mol. The monoisotopic (exact) mass is 538 g/mol. The summed E-state index contributed by atoms with van der Waals surface area (Å²) >= 11 is 0. The second-order valence-electron chi connectivity index (χ2n) is 8.05. The van der Waals surface area contributed by atoms with Gasteiger partial charge in [0.25, 0.3) is 0 Å². The van der Waals surface area contributed by atoms with Crippen LogP contribution in [-0.2, 0) is 32.4 Å².